The molecule has 0 spiro atoms. The van der Waals surface area contributed by atoms with Gasteiger partial charge in [0.05, 0.1) is 17.4 Å². The average Bonchev–Trinajstić information content (AvgIpc) is 2.82. The molecule has 2 heterocycles. The fourth-order valence-electron chi connectivity index (χ4n) is 2.55. The molecule has 1 aromatic carbocycles. The normalized spacial score (nSPS) is 17.7. The van der Waals surface area contributed by atoms with E-state index in [4.69, 9.17) is 4.74 Å². The van der Waals surface area contributed by atoms with Crippen LogP contribution in [-0.2, 0) is 11.2 Å². The molecule has 0 radical (unpaired) electrons. The molecule has 1 aliphatic heterocycles. The van der Waals surface area contributed by atoms with Gasteiger partial charge in [0, 0.05) is 19.3 Å². The van der Waals surface area contributed by atoms with Gasteiger partial charge in [0.2, 0.25) is 0 Å². The minimum absolute atomic E-state index is 0.556. The Morgan fingerprint density at radius 3 is 2.94 bits per heavy atom. The zero-order chi connectivity index (χ0) is 11.7. The first-order valence-corrected chi connectivity index (χ1v) is 6.41. The van der Waals surface area contributed by atoms with E-state index in [0.717, 1.165) is 38.0 Å². The molecular weight excluding hydrogens is 212 g/mol. The first-order valence-electron chi connectivity index (χ1n) is 6.41. The molecule has 3 rings (SSSR count). The zero-order valence-corrected chi connectivity index (χ0v) is 10.2. The van der Waals surface area contributed by atoms with Crippen LogP contribution in [-0.4, -0.2) is 22.8 Å². The molecule has 0 N–H and O–H groups in total. The van der Waals surface area contributed by atoms with Crippen molar-refractivity contribution >= 4 is 11.0 Å². The molecule has 3 nitrogen and oxygen atoms in total. The molecule has 3 heteroatoms. The topological polar surface area (TPSA) is 27.1 Å². The van der Waals surface area contributed by atoms with Crippen LogP contribution in [0.1, 0.15) is 31.4 Å². The van der Waals surface area contributed by atoms with Crippen molar-refractivity contribution in [3.8, 4) is 0 Å². The minimum atomic E-state index is 0.556. The predicted octanol–water partition coefficient (Wildman–Crippen LogP) is 2.95. The average molecular weight is 230 g/mol. The quantitative estimate of drug-likeness (QED) is 0.793. The van der Waals surface area contributed by atoms with Crippen LogP contribution in [0.25, 0.3) is 11.0 Å². The molecule has 1 fully saturated rings. The first-order chi connectivity index (χ1) is 8.38. The van der Waals surface area contributed by atoms with Crippen molar-refractivity contribution in [3.05, 3.63) is 30.1 Å². The summed E-state index contributed by atoms with van der Waals surface area (Å²) in [5.74, 6) is 0. The fraction of sp³-hybridized carbons (Fsp3) is 0.500. The molecular formula is C14H18N2O. The molecule has 0 atom stereocenters. The number of aryl methyl sites for hydroxylation is 1. The van der Waals surface area contributed by atoms with E-state index in [1.165, 1.54) is 11.1 Å². The smallest absolute Gasteiger partial charge is 0.0960 e. The second kappa shape index (κ2) is 4.49. The summed E-state index contributed by atoms with van der Waals surface area (Å²) in [6, 6.07) is 7.13. The van der Waals surface area contributed by atoms with Gasteiger partial charge in [-0.25, -0.2) is 4.98 Å². The monoisotopic (exact) mass is 230 g/mol. The third kappa shape index (κ3) is 1.95. The van der Waals surface area contributed by atoms with Crippen molar-refractivity contribution in [3.63, 3.8) is 0 Å². The van der Waals surface area contributed by atoms with Crippen LogP contribution < -0.4 is 0 Å². The van der Waals surface area contributed by atoms with Crippen LogP contribution in [0.15, 0.2) is 24.5 Å². The Hall–Kier alpha value is -1.35. The molecule has 0 aliphatic carbocycles. The van der Waals surface area contributed by atoms with Crippen LogP contribution in [0.3, 0.4) is 0 Å². The summed E-state index contributed by atoms with van der Waals surface area (Å²) >= 11 is 0. The molecule has 90 valence electrons. The summed E-state index contributed by atoms with van der Waals surface area (Å²) in [5.41, 5.74) is 3.76. The number of nitrogens with zero attached hydrogens (tertiary/aromatic N) is 2. The number of aromatic nitrogens is 2. The van der Waals surface area contributed by atoms with Gasteiger partial charge in [-0.15, -0.1) is 0 Å². The fourth-order valence-corrected chi connectivity index (χ4v) is 2.55. The van der Waals surface area contributed by atoms with Crippen molar-refractivity contribution in [2.75, 3.05) is 13.2 Å². The summed E-state index contributed by atoms with van der Waals surface area (Å²) in [5, 5.41) is 0. The van der Waals surface area contributed by atoms with Gasteiger partial charge in [-0.2, -0.15) is 0 Å². The van der Waals surface area contributed by atoms with E-state index in [2.05, 4.69) is 34.7 Å². The lowest BCUT2D eigenvalue weighted by Gasteiger charge is -2.24. The highest BCUT2D eigenvalue weighted by atomic mass is 16.5. The summed E-state index contributed by atoms with van der Waals surface area (Å²) in [4.78, 5) is 4.49. The van der Waals surface area contributed by atoms with Crippen LogP contribution in [0.4, 0.5) is 0 Å². The minimum Gasteiger partial charge on any atom is -0.381 e. The molecule has 1 aromatic heterocycles. The standard InChI is InChI=1S/C14H18N2O/c1-2-11-3-4-13-14(9-11)16(10-15-13)12-5-7-17-8-6-12/h3-4,9-10,12H,2,5-8H2,1H3. The van der Waals surface area contributed by atoms with Crippen LogP contribution >= 0.6 is 0 Å². The van der Waals surface area contributed by atoms with E-state index >= 15 is 0 Å². The van der Waals surface area contributed by atoms with Gasteiger partial charge in [0.25, 0.3) is 0 Å². The molecule has 1 saturated heterocycles. The van der Waals surface area contributed by atoms with Crippen LogP contribution in [0.5, 0.6) is 0 Å². The van der Waals surface area contributed by atoms with Crippen molar-refractivity contribution in [1.82, 2.24) is 9.55 Å². The summed E-state index contributed by atoms with van der Waals surface area (Å²) in [6.45, 7) is 3.94. The van der Waals surface area contributed by atoms with E-state index in [-0.39, 0.29) is 0 Å². The second-order valence-electron chi connectivity index (χ2n) is 4.67. The van der Waals surface area contributed by atoms with E-state index in [1.54, 1.807) is 0 Å². The van der Waals surface area contributed by atoms with Crippen molar-refractivity contribution in [2.45, 2.75) is 32.2 Å². The molecule has 0 unspecified atom stereocenters. The van der Waals surface area contributed by atoms with Crippen molar-refractivity contribution in [1.29, 1.82) is 0 Å². The highest BCUT2D eigenvalue weighted by molar-refractivity contribution is 5.76. The lowest BCUT2D eigenvalue weighted by molar-refractivity contribution is 0.0706. The Kier molecular flexibility index (Phi) is 2.85. The number of ether oxygens (including phenoxy) is 1. The highest BCUT2D eigenvalue weighted by Gasteiger charge is 2.17. The Balaban J connectivity index is 2.02. The highest BCUT2D eigenvalue weighted by Crippen LogP contribution is 2.26. The lowest BCUT2D eigenvalue weighted by atomic mass is 10.1. The van der Waals surface area contributed by atoms with E-state index < -0.39 is 0 Å². The third-order valence-electron chi connectivity index (χ3n) is 3.63. The van der Waals surface area contributed by atoms with E-state index in [9.17, 15) is 0 Å². The Labute approximate surface area is 101 Å². The summed E-state index contributed by atoms with van der Waals surface area (Å²) in [6.07, 6.45) is 5.26. The van der Waals surface area contributed by atoms with E-state index in [1.807, 2.05) is 6.33 Å². The molecule has 0 saturated carbocycles. The maximum atomic E-state index is 5.42. The zero-order valence-electron chi connectivity index (χ0n) is 10.2. The van der Waals surface area contributed by atoms with Crippen LogP contribution in [0, 0.1) is 0 Å². The molecule has 2 aromatic rings. The number of fused-ring (bicyclic) bond motifs is 1. The first kappa shape index (κ1) is 10.8. The number of rotatable bonds is 2. The van der Waals surface area contributed by atoms with Gasteiger partial charge in [0.1, 0.15) is 0 Å². The number of benzene rings is 1. The lowest BCUT2D eigenvalue weighted by Crippen LogP contribution is -2.18. The Morgan fingerprint density at radius 2 is 2.18 bits per heavy atom. The molecule has 0 amide bonds. The maximum absolute atomic E-state index is 5.42. The summed E-state index contributed by atoms with van der Waals surface area (Å²) in [7, 11) is 0. The van der Waals surface area contributed by atoms with Crippen molar-refractivity contribution in [2.24, 2.45) is 0 Å². The van der Waals surface area contributed by atoms with E-state index in [0.29, 0.717) is 6.04 Å². The van der Waals surface area contributed by atoms with Crippen molar-refractivity contribution < 1.29 is 4.74 Å². The van der Waals surface area contributed by atoms with Gasteiger partial charge < -0.3 is 9.30 Å². The second-order valence-corrected chi connectivity index (χ2v) is 4.67. The van der Waals surface area contributed by atoms with Gasteiger partial charge in [-0.1, -0.05) is 13.0 Å². The third-order valence-corrected chi connectivity index (χ3v) is 3.63. The maximum Gasteiger partial charge on any atom is 0.0960 e. The number of hydrogen-bond acceptors (Lipinski definition) is 2. The molecule has 0 bridgehead atoms. The molecule has 17 heavy (non-hydrogen) atoms. The largest absolute Gasteiger partial charge is 0.381 e. The van der Waals surface area contributed by atoms with Crippen LogP contribution in [0.2, 0.25) is 0 Å². The SMILES string of the molecule is CCc1ccc2ncn(C3CCOCC3)c2c1. The number of imidazole rings is 1. The van der Waals surface area contributed by atoms with Gasteiger partial charge in [0.15, 0.2) is 0 Å². The van der Waals surface area contributed by atoms with Gasteiger partial charge in [-0.05, 0) is 37.0 Å². The van der Waals surface area contributed by atoms with Gasteiger partial charge >= 0.3 is 0 Å². The molecule has 1 aliphatic rings. The summed E-state index contributed by atoms with van der Waals surface area (Å²) < 4.78 is 7.75. The number of hydrogen-bond donors (Lipinski definition) is 0. The Bertz CT molecular complexity index is 512. The van der Waals surface area contributed by atoms with Gasteiger partial charge in [-0.3, -0.25) is 0 Å². The predicted molar refractivity (Wildman–Crippen MR) is 68.2 cm³/mol. The Morgan fingerprint density at radius 1 is 1.35 bits per heavy atom.